The maximum Gasteiger partial charge on any atom is 0.327 e. The van der Waals surface area contributed by atoms with Crippen LogP contribution in [0, 0.1) is 0 Å². The Morgan fingerprint density at radius 3 is 1.90 bits per heavy atom. The third-order valence-electron chi connectivity index (χ3n) is 5.41. The summed E-state index contributed by atoms with van der Waals surface area (Å²) in [5, 5.41) is 12.7. The Hall–Kier alpha value is -2.59. The Bertz CT molecular complexity index is 897. The first-order valence-electron chi connectivity index (χ1n) is 9.94. The molecule has 0 spiro atoms. The number of rotatable bonds is 9. The number of carbonyl (C=O) groups is 2. The van der Waals surface area contributed by atoms with Crippen LogP contribution >= 0.6 is 7.14 Å². The van der Waals surface area contributed by atoms with Crippen molar-refractivity contribution in [3.8, 4) is 5.75 Å². The van der Waals surface area contributed by atoms with Gasteiger partial charge in [0.2, 0.25) is 0 Å². The average Bonchev–Trinajstić information content (AvgIpc) is 2.73. The lowest BCUT2D eigenvalue weighted by Crippen LogP contribution is -2.46. The lowest BCUT2D eigenvalue weighted by Gasteiger charge is -2.38. The van der Waals surface area contributed by atoms with Crippen molar-refractivity contribution in [2.75, 3.05) is 7.11 Å². The third kappa shape index (κ3) is 4.93. The van der Waals surface area contributed by atoms with Gasteiger partial charge in [-0.3, -0.25) is 4.79 Å². The number of carboxylic acids is 1. The highest BCUT2D eigenvalue weighted by Gasteiger charge is 2.47. The molecular weight excluding hydrogens is 401 g/mol. The number of carbonyl (C=O) groups excluding carboxylic acids is 1. The van der Waals surface area contributed by atoms with Crippen molar-refractivity contribution in [2.45, 2.75) is 50.7 Å². The first-order chi connectivity index (χ1) is 14.1. The predicted molar refractivity (Wildman–Crippen MR) is 119 cm³/mol. The zero-order valence-corrected chi connectivity index (χ0v) is 18.9. The summed E-state index contributed by atoms with van der Waals surface area (Å²) in [5.41, 5.74) is -0.461. The molecule has 0 radical (unpaired) electrons. The Morgan fingerprint density at radius 1 is 0.933 bits per heavy atom. The molecule has 30 heavy (non-hydrogen) atoms. The fourth-order valence-corrected chi connectivity index (χ4v) is 7.57. The van der Waals surface area contributed by atoms with E-state index in [4.69, 9.17) is 4.74 Å². The Balaban J connectivity index is 2.59. The van der Waals surface area contributed by atoms with Crippen molar-refractivity contribution < 1.29 is 24.0 Å². The van der Waals surface area contributed by atoms with Crippen LogP contribution in [0.25, 0.3) is 0 Å². The lowest BCUT2D eigenvalue weighted by molar-refractivity contribution is -0.139. The first-order valence-corrected chi connectivity index (χ1v) is 11.9. The van der Waals surface area contributed by atoms with Crippen molar-refractivity contribution in [3.05, 3.63) is 65.7 Å². The molecule has 7 heteroatoms. The zero-order chi connectivity index (χ0) is 22.5. The largest absolute Gasteiger partial charge is 0.497 e. The van der Waals surface area contributed by atoms with Crippen LogP contribution in [0.15, 0.2) is 54.6 Å². The molecule has 0 fully saturated rings. The van der Waals surface area contributed by atoms with Gasteiger partial charge in [0.1, 0.15) is 18.9 Å². The molecule has 0 aliphatic heterocycles. The van der Waals surface area contributed by atoms with Gasteiger partial charge in [-0.15, -0.1) is 0 Å². The van der Waals surface area contributed by atoms with Gasteiger partial charge in [-0.05, 0) is 29.8 Å². The molecule has 0 aromatic heterocycles. The Labute approximate surface area is 178 Å². The van der Waals surface area contributed by atoms with Crippen molar-refractivity contribution in [1.82, 2.24) is 5.32 Å². The zero-order valence-electron chi connectivity index (χ0n) is 18.0. The molecule has 2 N–H and O–H groups in total. The van der Waals surface area contributed by atoms with E-state index in [9.17, 15) is 19.3 Å². The second kappa shape index (κ2) is 9.94. The summed E-state index contributed by atoms with van der Waals surface area (Å²) in [6.07, 6.45) is 0. The van der Waals surface area contributed by atoms with Gasteiger partial charge in [-0.1, -0.05) is 58.0 Å². The van der Waals surface area contributed by atoms with Gasteiger partial charge < -0.3 is 19.7 Å². The molecule has 0 heterocycles. The smallest absolute Gasteiger partial charge is 0.327 e. The standard InChI is InChI=1S/C23H30NO5P/c1-15(2)30(28,16(3)4)21(17-11-13-19(29-5)14-12-17)20(23(26)27)24-22(25)18-9-7-6-8-10-18/h6-16,20-21H,1-5H3,(H,24,25)(H,26,27). The molecule has 162 valence electrons. The van der Waals surface area contributed by atoms with Crippen LogP contribution in [0.3, 0.4) is 0 Å². The highest BCUT2D eigenvalue weighted by molar-refractivity contribution is 7.65. The molecule has 2 aromatic carbocycles. The summed E-state index contributed by atoms with van der Waals surface area (Å²) < 4.78 is 19.5. The maximum atomic E-state index is 14.3. The second-order valence-electron chi connectivity index (χ2n) is 7.82. The summed E-state index contributed by atoms with van der Waals surface area (Å²) in [4.78, 5) is 25.1. The Kier molecular flexibility index (Phi) is 7.85. The molecule has 2 aromatic rings. The maximum absolute atomic E-state index is 14.3. The van der Waals surface area contributed by atoms with Gasteiger partial charge in [0.25, 0.3) is 5.91 Å². The SMILES string of the molecule is COc1ccc(C(C(NC(=O)c2ccccc2)C(=O)O)P(=O)(C(C)C)C(C)C)cc1. The molecule has 6 nitrogen and oxygen atoms in total. The van der Waals surface area contributed by atoms with E-state index in [1.54, 1.807) is 61.7 Å². The van der Waals surface area contributed by atoms with Crippen molar-refractivity contribution >= 4 is 19.0 Å². The van der Waals surface area contributed by atoms with E-state index < -0.39 is 30.7 Å². The summed E-state index contributed by atoms with van der Waals surface area (Å²) in [6.45, 7) is 7.37. The minimum Gasteiger partial charge on any atom is -0.497 e. The van der Waals surface area contributed by atoms with Gasteiger partial charge in [-0.25, -0.2) is 4.79 Å². The van der Waals surface area contributed by atoms with Crippen molar-refractivity contribution in [2.24, 2.45) is 0 Å². The number of amides is 1. The number of hydrogen-bond donors (Lipinski definition) is 2. The van der Waals surface area contributed by atoms with Gasteiger partial charge >= 0.3 is 5.97 Å². The lowest BCUT2D eigenvalue weighted by atomic mass is 10.0. The van der Waals surface area contributed by atoms with Crippen LogP contribution in [-0.2, 0) is 9.36 Å². The van der Waals surface area contributed by atoms with Crippen LogP contribution in [0.1, 0.15) is 49.3 Å². The van der Waals surface area contributed by atoms with Gasteiger partial charge in [0, 0.05) is 16.9 Å². The highest BCUT2D eigenvalue weighted by atomic mass is 31.2. The van der Waals surface area contributed by atoms with Crippen LogP contribution in [-0.4, -0.2) is 41.5 Å². The summed E-state index contributed by atoms with van der Waals surface area (Å²) >= 11 is 0. The predicted octanol–water partition coefficient (Wildman–Crippen LogP) is 4.80. The molecule has 0 aliphatic rings. The first kappa shape index (κ1) is 23.7. The van der Waals surface area contributed by atoms with E-state index >= 15 is 0 Å². The number of aliphatic carboxylic acids is 1. The molecule has 0 bridgehead atoms. The average molecular weight is 431 g/mol. The minimum absolute atomic E-state index is 0.264. The van der Waals surface area contributed by atoms with Crippen LogP contribution < -0.4 is 10.1 Å². The Morgan fingerprint density at radius 2 is 1.47 bits per heavy atom. The number of hydrogen-bond acceptors (Lipinski definition) is 4. The number of benzene rings is 2. The third-order valence-corrected chi connectivity index (χ3v) is 10.1. The number of nitrogens with one attached hydrogen (secondary N) is 1. The van der Waals surface area contributed by atoms with E-state index in [1.165, 1.54) is 0 Å². The van der Waals surface area contributed by atoms with E-state index in [1.807, 2.05) is 27.7 Å². The fraction of sp³-hybridized carbons (Fsp3) is 0.391. The van der Waals surface area contributed by atoms with E-state index in [-0.39, 0.29) is 11.3 Å². The summed E-state index contributed by atoms with van der Waals surface area (Å²) in [6, 6.07) is 14.0. The van der Waals surface area contributed by atoms with Crippen LogP contribution in [0.4, 0.5) is 0 Å². The van der Waals surface area contributed by atoms with Crippen LogP contribution in [0.2, 0.25) is 0 Å². The van der Waals surface area contributed by atoms with E-state index in [0.29, 0.717) is 16.9 Å². The number of ether oxygens (including phenoxy) is 1. The van der Waals surface area contributed by atoms with Gasteiger partial charge in [0.05, 0.1) is 12.8 Å². The molecule has 0 saturated heterocycles. The molecule has 1 amide bonds. The molecular formula is C23H30NO5P. The minimum atomic E-state index is -3.11. The van der Waals surface area contributed by atoms with E-state index in [0.717, 1.165) is 0 Å². The molecule has 0 saturated carbocycles. The summed E-state index contributed by atoms with van der Waals surface area (Å²) in [7, 11) is -1.57. The number of methoxy groups -OCH3 is 1. The molecule has 2 rings (SSSR count). The van der Waals surface area contributed by atoms with E-state index in [2.05, 4.69) is 5.32 Å². The molecule has 2 atom stereocenters. The summed E-state index contributed by atoms with van der Waals surface area (Å²) in [5.74, 6) is -1.12. The second-order valence-corrected chi connectivity index (χ2v) is 12.0. The topological polar surface area (TPSA) is 92.7 Å². The van der Waals surface area contributed by atoms with Crippen LogP contribution in [0.5, 0.6) is 5.75 Å². The number of carboxylic acid groups (broad SMARTS) is 1. The van der Waals surface area contributed by atoms with Gasteiger partial charge in [0.15, 0.2) is 0 Å². The van der Waals surface area contributed by atoms with Gasteiger partial charge in [-0.2, -0.15) is 0 Å². The normalized spacial score (nSPS) is 13.7. The monoisotopic (exact) mass is 431 g/mol. The highest BCUT2D eigenvalue weighted by Crippen LogP contribution is 2.67. The van der Waals surface area contributed by atoms with Crippen molar-refractivity contribution in [1.29, 1.82) is 0 Å². The fourth-order valence-electron chi connectivity index (χ4n) is 3.79. The quantitative estimate of drug-likeness (QED) is 0.557. The molecule has 0 aliphatic carbocycles. The molecule has 2 unspecified atom stereocenters. The van der Waals surface area contributed by atoms with Crippen molar-refractivity contribution in [3.63, 3.8) is 0 Å².